The highest BCUT2D eigenvalue weighted by Gasteiger charge is 2.23. The van der Waals surface area contributed by atoms with Crippen LogP contribution in [0.1, 0.15) is 5.56 Å². The number of aromatic nitrogens is 2. The number of nitrogens with zero attached hydrogens (tertiary/aromatic N) is 2. The molecule has 5 aromatic rings. The van der Waals surface area contributed by atoms with E-state index in [-0.39, 0.29) is 17.2 Å². The van der Waals surface area contributed by atoms with Gasteiger partial charge in [-0.15, -0.1) is 0 Å². The van der Waals surface area contributed by atoms with E-state index in [4.69, 9.17) is 5.10 Å². The Morgan fingerprint density at radius 2 is 1.12 bits per heavy atom. The van der Waals surface area contributed by atoms with Crippen LogP contribution in [0.5, 0.6) is 17.2 Å². The van der Waals surface area contributed by atoms with Crippen LogP contribution in [-0.4, -0.2) is 25.1 Å². The van der Waals surface area contributed by atoms with Gasteiger partial charge in [0.1, 0.15) is 22.9 Å². The van der Waals surface area contributed by atoms with E-state index in [1.165, 1.54) is 0 Å². The number of phenolic OH excluding ortho intramolecular Hbond substituents is 3. The predicted octanol–water partition coefficient (Wildman–Crippen LogP) is 6.30. The summed E-state index contributed by atoms with van der Waals surface area (Å²) in [6.45, 7) is 2.04. The van der Waals surface area contributed by atoms with Gasteiger partial charge in [-0.25, -0.2) is 4.68 Å². The van der Waals surface area contributed by atoms with E-state index >= 15 is 0 Å². The minimum atomic E-state index is 0.182. The largest absolute Gasteiger partial charge is 0.508 e. The molecule has 5 rings (SSSR count). The van der Waals surface area contributed by atoms with Crippen LogP contribution in [-0.2, 0) is 0 Å². The van der Waals surface area contributed by atoms with Crippen molar-refractivity contribution in [2.45, 2.75) is 6.92 Å². The molecular formula is C28H22N2O3. The molecule has 0 saturated carbocycles. The minimum Gasteiger partial charge on any atom is -0.508 e. The van der Waals surface area contributed by atoms with E-state index in [2.05, 4.69) is 6.07 Å². The summed E-state index contributed by atoms with van der Waals surface area (Å²) in [7, 11) is 0. The first-order chi connectivity index (χ1) is 16.0. The number of aryl methyl sites for hydroxylation is 1. The van der Waals surface area contributed by atoms with E-state index in [1.807, 2.05) is 66.2 Å². The fourth-order valence-corrected chi connectivity index (χ4v) is 3.97. The first kappa shape index (κ1) is 20.4. The second-order valence-electron chi connectivity index (χ2n) is 7.96. The third-order valence-corrected chi connectivity index (χ3v) is 5.57. The Balaban J connectivity index is 1.88. The molecule has 0 unspecified atom stereocenters. The molecule has 5 nitrogen and oxygen atoms in total. The molecular weight excluding hydrogens is 412 g/mol. The molecule has 3 N–H and O–H groups in total. The summed E-state index contributed by atoms with van der Waals surface area (Å²) in [6, 6.07) is 29.1. The van der Waals surface area contributed by atoms with Crippen molar-refractivity contribution in [3.05, 3.63) is 103 Å². The maximum atomic E-state index is 9.88. The van der Waals surface area contributed by atoms with Gasteiger partial charge >= 0.3 is 0 Å². The van der Waals surface area contributed by atoms with Crippen molar-refractivity contribution in [2.75, 3.05) is 0 Å². The lowest BCUT2D eigenvalue weighted by molar-refractivity contribution is 0.475. The number of hydrogen-bond acceptors (Lipinski definition) is 4. The Hall–Kier alpha value is -4.51. The van der Waals surface area contributed by atoms with Crippen molar-refractivity contribution >= 4 is 0 Å². The molecule has 0 radical (unpaired) electrons. The summed E-state index contributed by atoms with van der Waals surface area (Å²) in [5.41, 5.74) is 7.11. The van der Waals surface area contributed by atoms with E-state index in [9.17, 15) is 15.3 Å². The van der Waals surface area contributed by atoms with Gasteiger partial charge in [-0.1, -0.05) is 24.3 Å². The van der Waals surface area contributed by atoms with Gasteiger partial charge in [-0.05, 0) is 90.8 Å². The Kier molecular flexibility index (Phi) is 5.07. The van der Waals surface area contributed by atoms with Crippen LogP contribution in [0.15, 0.2) is 97.1 Å². The van der Waals surface area contributed by atoms with Gasteiger partial charge in [0.15, 0.2) is 0 Å². The number of phenols is 3. The Labute approximate surface area is 191 Å². The van der Waals surface area contributed by atoms with Crippen molar-refractivity contribution in [2.24, 2.45) is 0 Å². The van der Waals surface area contributed by atoms with Crippen molar-refractivity contribution in [3.8, 4) is 56.6 Å². The maximum absolute atomic E-state index is 9.88. The quantitative estimate of drug-likeness (QED) is 0.310. The fraction of sp³-hybridized carbons (Fsp3) is 0.0357. The van der Waals surface area contributed by atoms with Crippen LogP contribution in [0.2, 0.25) is 0 Å². The normalized spacial score (nSPS) is 10.9. The Morgan fingerprint density at radius 1 is 0.606 bits per heavy atom. The molecule has 0 bridgehead atoms. The van der Waals surface area contributed by atoms with E-state index < -0.39 is 0 Å². The Morgan fingerprint density at radius 3 is 1.67 bits per heavy atom. The molecule has 0 aliphatic carbocycles. The van der Waals surface area contributed by atoms with Crippen molar-refractivity contribution < 1.29 is 15.3 Å². The lowest BCUT2D eigenvalue weighted by atomic mass is 9.95. The predicted molar refractivity (Wildman–Crippen MR) is 130 cm³/mol. The second kappa shape index (κ2) is 8.20. The summed E-state index contributed by atoms with van der Waals surface area (Å²) in [5.74, 6) is 0.550. The third kappa shape index (κ3) is 3.92. The van der Waals surface area contributed by atoms with Crippen LogP contribution in [0.4, 0.5) is 0 Å². The summed E-state index contributed by atoms with van der Waals surface area (Å²) in [4.78, 5) is 0. The van der Waals surface area contributed by atoms with Gasteiger partial charge in [0.2, 0.25) is 0 Å². The lowest BCUT2D eigenvalue weighted by Crippen LogP contribution is -2.00. The monoisotopic (exact) mass is 434 g/mol. The van der Waals surface area contributed by atoms with Crippen molar-refractivity contribution in [3.63, 3.8) is 0 Å². The van der Waals surface area contributed by atoms with Gasteiger partial charge in [0.05, 0.1) is 11.4 Å². The molecule has 33 heavy (non-hydrogen) atoms. The van der Waals surface area contributed by atoms with E-state index in [1.54, 1.807) is 36.4 Å². The molecule has 0 spiro atoms. The van der Waals surface area contributed by atoms with Crippen LogP contribution >= 0.6 is 0 Å². The molecule has 5 heteroatoms. The molecule has 0 aliphatic heterocycles. The molecule has 162 valence electrons. The maximum Gasteiger partial charge on any atom is 0.115 e. The average molecular weight is 434 g/mol. The van der Waals surface area contributed by atoms with Gasteiger partial charge in [0, 0.05) is 16.7 Å². The summed E-state index contributed by atoms with van der Waals surface area (Å²) in [5, 5.41) is 34.6. The molecule has 1 aromatic heterocycles. The van der Waals surface area contributed by atoms with Crippen LogP contribution in [0.25, 0.3) is 39.3 Å². The first-order valence-corrected chi connectivity index (χ1v) is 10.6. The number of aromatic hydroxyl groups is 3. The molecule has 1 heterocycles. The zero-order valence-electron chi connectivity index (χ0n) is 18.0. The summed E-state index contributed by atoms with van der Waals surface area (Å²) >= 11 is 0. The highest BCUT2D eigenvalue weighted by Crippen LogP contribution is 2.42. The highest BCUT2D eigenvalue weighted by molar-refractivity contribution is 5.92. The number of rotatable bonds is 4. The standard InChI is InChI=1S/C28H22N2O3/c1-18-3-2-4-22(17-18)30-28(21-9-15-25(33)16-10-21)26(19-5-11-23(31)12-6-19)27(29-30)20-7-13-24(32)14-8-20/h2-17,31-33H,1H3. The lowest BCUT2D eigenvalue weighted by Gasteiger charge is -2.12. The second-order valence-corrected chi connectivity index (χ2v) is 7.96. The SMILES string of the molecule is Cc1cccc(-n2nc(-c3ccc(O)cc3)c(-c3ccc(O)cc3)c2-c2ccc(O)cc2)c1. The molecule has 0 fully saturated rings. The summed E-state index contributed by atoms with van der Waals surface area (Å²) in [6.07, 6.45) is 0. The van der Waals surface area contributed by atoms with Crippen molar-refractivity contribution in [1.29, 1.82) is 0 Å². The number of hydrogen-bond donors (Lipinski definition) is 3. The van der Waals surface area contributed by atoms with E-state index in [0.29, 0.717) is 0 Å². The summed E-state index contributed by atoms with van der Waals surface area (Å²) < 4.78 is 1.91. The zero-order chi connectivity index (χ0) is 22.9. The molecule has 0 aliphatic rings. The average Bonchev–Trinajstić information content (AvgIpc) is 3.21. The van der Waals surface area contributed by atoms with Gasteiger partial charge < -0.3 is 15.3 Å². The van der Waals surface area contributed by atoms with Crippen LogP contribution < -0.4 is 0 Å². The number of benzene rings is 4. The molecule has 0 amide bonds. The topological polar surface area (TPSA) is 78.5 Å². The molecule has 4 aromatic carbocycles. The Bertz CT molecular complexity index is 1420. The van der Waals surface area contributed by atoms with Crippen LogP contribution in [0.3, 0.4) is 0 Å². The zero-order valence-corrected chi connectivity index (χ0v) is 18.0. The third-order valence-electron chi connectivity index (χ3n) is 5.57. The van der Waals surface area contributed by atoms with Gasteiger partial charge in [-0.3, -0.25) is 0 Å². The smallest absolute Gasteiger partial charge is 0.115 e. The van der Waals surface area contributed by atoms with Crippen LogP contribution in [0, 0.1) is 6.92 Å². The first-order valence-electron chi connectivity index (χ1n) is 10.6. The van der Waals surface area contributed by atoms with Crippen molar-refractivity contribution in [1.82, 2.24) is 9.78 Å². The highest BCUT2D eigenvalue weighted by atomic mass is 16.3. The van der Waals surface area contributed by atoms with Gasteiger partial charge in [0.25, 0.3) is 0 Å². The van der Waals surface area contributed by atoms with E-state index in [0.717, 1.165) is 44.9 Å². The van der Waals surface area contributed by atoms with Gasteiger partial charge in [-0.2, -0.15) is 5.10 Å². The fourth-order valence-electron chi connectivity index (χ4n) is 3.97. The molecule has 0 saturated heterocycles. The molecule has 0 atom stereocenters. The minimum absolute atomic E-state index is 0.182.